The summed E-state index contributed by atoms with van der Waals surface area (Å²) in [6.45, 7) is 16.0. The van der Waals surface area contributed by atoms with Gasteiger partial charge in [0.1, 0.15) is 24.4 Å². The summed E-state index contributed by atoms with van der Waals surface area (Å²) in [5.41, 5.74) is 6.81. The van der Waals surface area contributed by atoms with Crippen LogP contribution >= 0.6 is 0 Å². The van der Waals surface area contributed by atoms with Crippen LogP contribution in [0.3, 0.4) is 0 Å². The number of ether oxygens (including phenoxy) is 8. The van der Waals surface area contributed by atoms with Crippen molar-refractivity contribution in [3.8, 4) is 0 Å². The van der Waals surface area contributed by atoms with Crippen LogP contribution in [0.5, 0.6) is 0 Å². The normalized spacial score (nSPS) is 23.6. The van der Waals surface area contributed by atoms with Gasteiger partial charge >= 0.3 is 0 Å². The topological polar surface area (TPSA) is 87.0 Å². The Labute approximate surface area is 236 Å². The van der Waals surface area contributed by atoms with E-state index in [0.29, 0.717) is 71.2 Å². The monoisotopic (exact) mass is 552 g/mol. The highest BCUT2D eigenvalue weighted by Gasteiger charge is 2.24. The summed E-state index contributed by atoms with van der Waals surface area (Å²) in [5.74, 6) is 0. The molecule has 6 rings (SSSR count). The van der Waals surface area contributed by atoms with Crippen molar-refractivity contribution in [2.75, 3.05) is 52.9 Å². The molecule has 0 aliphatic carbocycles. The van der Waals surface area contributed by atoms with E-state index in [-0.39, 0.29) is 6.10 Å². The molecule has 4 saturated heterocycles. The van der Waals surface area contributed by atoms with Crippen LogP contribution in [0.2, 0.25) is 0 Å². The fourth-order valence-electron chi connectivity index (χ4n) is 4.09. The fraction of sp³-hybridized carbons (Fsp3) is 0.500. The van der Waals surface area contributed by atoms with E-state index < -0.39 is 0 Å². The molecule has 0 aromatic heterocycles. The molecule has 8 nitrogen and oxygen atoms in total. The zero-order valence-electron chi connectivity index (χ0n) is 23.1. The van der Waals surface area contributed by atoms with Crippen LogP contribution in [-0.4, -0.2) is 77.3 Å². The highest BCUT2D eigenvalue weighted by Crippen LogP contribution is 2.21. The fourth-order valence-corrected chi connectivity index (χ4v) is 4.09. The van der Waals surface area contributed by atoms with Gasteiger partial charge in [-0.15, -0.1) is 0 Å². The van der Waals surface area contributed by atoms with Crippen LogP contribution < -0.4 is 0 Å². The lowest BCUT2D eigenvalue weighted by atomic mass is 10.0. The molecule has 0 saturated carbocycles. The van der Waals surface area contributed by atoms with Crippen LogP contribution in [0.15, 0.2) is 49.6 Å². The van der Waals surface area contributed by atoms with Gasteiger partial charge in [0, 0.05) is 0 Å². The highest BCUT2D eigenvalue weighted by molar-refractivity contribution is 5.54. The molecule has 8 heteroatoms. The Bertz CT molecular complexity index is 1100. The molecular formula is C32H40O8. The molecule has 4 aliphatic rings. The van der Waals surface area contributed by atoms with Gasteiger partial charge in [0.15, 0.2) is 0 Å². The number of rotatable bonds is 18. The first-order chi connectivity index (χ1) is 19.7. The van der Waals surface area contributed by atoms with Gasteiger partial charge < -0.3 is 37.9 Å². The average Bonchev–Trinajstić information content (AvgIpc) is 3.76. The Morgan fingerprint density at radius 3 is 1.62 bits per heavy atom. The lowest BCUT2D eigenvalue weighted by Crippen LogP contribution is -2.07. The molecule has 0 spiro atoms. The molecule has 0 bridgehead atoms. The van der Waals surface area contributed by atoms with Gasteiger partial charge in [-0.2, -0.15) is 0 Å². The van der Waals surface area contributed by atoms with E-state index >= 15 is 0 Å². The lowest BCUT2D eigenvalue weighted by Gasteiger charge is -2.13. The molecule has 4 heterocycles. The Morgan fingerprint density at radius 2 is 1.10 bits per heavy atom. The maximum atomic E-state index is 5.71. The van der Waals surface area contributed by atoms with Crippen LogP contribution in [0, 0.1) is 0 Å². The number of epoxide rings is 4. The molecular weight excluding hydrogens is 512 g/mol. The first kappa shape index (κ1) is 29.1. The van der Waals surface area contributed by atoms with E-state index in [4.69, 9.17) is 37.9 Å². The number of hydrogen-bond donors (Lipinski definition) is 0. The third-order valence-corrected chi connectivity index (χ3v) is 6.81. The van der Waals surface area contributed by atoms with Crippen molar-refractivity contribution >= 4 is 12.2 Å². The predicted octanol–water partition coefficient (Wildman–Crippen LogP) is 4.32. The summed E-state index contributed by atoms with van der Waals surface area (Å²) < 4.78 is 43.2. The molecule has 216 valence electrons. The van der Waals surface area contributed by atoms with Crippen molar-refractivity contribution in [1.82, 2.24) is 0 Å². The number of hydrogen-bond acceptors (Lipinski definition) is 8. The van der Waals surface area contributed by atoms with Gasteiger partial charge in [-0.25, -0.2) is 0 Å². The standard InChI is InChI=1S/2C16H20O4/c1-2-13-4-3-12(6-17-8-15-10-19-15)5-14(13)7-18-9-16-11-20-16;1-2-12-4-3-5-13(6-17-7-14-9-19-14)16(12)11-18-8-15-10-20-15/h2-5,15-16H,1,6-11H2;2-5,14-15H,1,6-11H2. The van der Waals surface area contributed by atoms with Crippen LogP contribution in [-0.2, 0) is 64.3 Å². The van der Waals surface area contributed by atoms with Gasteiger partial charge in [0.25, 0.3) is 0 Å². The van der Waals surface area contributed by atoms with E-state index in [9.17, 15) is 0 Å². The first-order valence-electron chi connectivity index (χ1n) is 14.0. The zero-order chi connectivity index (χ0) is 27.6. The molecule has 2 aromatic carbocycles. The molecule has 4 unspecified atom stereocenters. The lowest BCUT2D eigenvalue weighted by molar-refractivity contribution is 0.0917. The van der Waals surface area contributed by atoms with Crippen LogP contribution in [0.1, 0.15) is 33.4 Å². The Balaban J connectivity index is 0.000000161. The summed E-state index contributed by atoms with van der Waals surface area (Å²) in [7, 11) is 0. The van der Waals surface area contributed by atoms with Gasteiger partial charge in [-0.05, 0) is 33.4 Å². The van der Waals surface area contributed by atoms with E-state index in [1.165, 1.54) is 0 Å². The Kier molecular flexibility index (Phi) is 10.9. The SMILES string of the molecule is C=Cc1ccc(COCC2CO2)cc1COCC1CO1.C=Cc1cccc(COCC2CO2)c1COCC1CO1. The quantitative estimate of drug-likeness (QED) is 0.253. The zero-order valence-corrected chi connectivity index (χ0v) is 23.1. The minimum atomic E-state index is 0.289. The summed E-state index contributed by atoms with van der Waals surface area (Å²) in [6.07, 6.45) is 4.91. The van der Waals surface area contributed by atoms with E-state index in [1.54, 1.807) is 0 Å². The van der Waals surface area contributed by atoms with E-state index in [1.807, 2.05) is 24.3 Å². The molecule has 0 radical (unpaired) electrons. The maximum Gasteiger partial charge on any atom is 0.104 e. The van der Waals surface area contributed by atoms with Gasteiger partial charge in [0.05, 0.1) is 79.3 Å². The summed E-state index contributed by atoms with van der Waals surface area (Å²) in [4.78, 5) is 0. The molecule has 40 heavy (non-hydrogen) atoms. The summed E-state index contributed by atoms with van der Waals surface area (Å²) in [5, 5.41) is 0. The largest absolute Gasteiger partial charge is 0.374 e. The van der Waals surface area contributed by atoms with Gasteiger partial charge in [-0.1, -0.05) is 61.7 Å². The smallest absolute Gasteiger partial charge is 0.104 e. The molecule has 0 N–H and O–H groups in total. The third-order valence-electron chi connectivity index (χ3n) is 6.81. The average molecular weight is 553 g/mol. The predicted molar refractivity (Wildman–Crippen MR) is 151 cm³/mol. The summed E-state index contributed by atoms with van der Waals surface area (Å²) >= 11 is 0. The minimum absolute atomic E-state index is 0.289. The van der Waals surface area contributed by atoms with Crippen LogP contribution in [0.25, 0.3) is 12.2 Å². The second-order valence-electron chi connectivity index (χ2n) is 10.3. The second-order valence-corrected chi connectivity index (χ2v) is 10.3. The summed E-state index contributed by atoms with van der Waals surface area (Å²) in [6, 6.07) is 12.4. The molecule has 4 fully saturated rings. The first-order valence-corrected chi connectivity index (χ1v) is 14.0. The Morgan fingerprint density at radius 1 is 0.600 bits per heavy atom. The maximum absolute atomic E-state index is 5.71. The molecule has 0 amide bonds. The molecule has 2 aromatic rings. The number of benzene rings is 2. The molecule has 4 atom stereocenters. The van der Waals surface area contributed by atoms with Gasteiger partial charge in [0.2, 0.25) is 0 Å². The van der Waals surface area contributed by atoms with Crippen LogP contribution in [0.4, 0.5) is 0 Å². The second kappa shape index (κ2) is 15.0. The minimum Gasteiger partial charge on any atom is -0.374 e. The van der Waals surface area contributed by atoms with Gasteiger partial charge in [-0.3, -0.25) is 0 Å². The Hall–Kier alpha value is -2.40. The van der Waals surface area contributed by atoms with E-state index in [0.717, 1.165) is 59.8 Å². The van der Waals surface area contributed by atoms with Crippen molar-refractivity contribution in [3.05, 3.63) is 82.9 Å². The van der Waals surface area contributed by atoms with E-state index in [2.05, 4.69) is 37.4 Å². The van der Waals surface area contributed by atoms with Crippen molar-refractivity contribution in [2.24, 2.45) is 0 Å². The molecule has 4 aliphatic heterocycles. The third kappa shape index (κ3) is 10.2. The van der Waals surface area contributed by atoms with Crippen molar-refractivity contribution in [3.63, 3.8) is 0 Å². The highest BCUT2D eigenvalue weighted by atomic mass is 16.6. The van der Waals surface area contributed by atoms with Crippen molar-refractivity contribution in [2.45, 2.75) is 50.8 Å². The van der Waals surface area contributed by atoms with Crippen molar-refractivity contribution < 1.29 is 37.9 Å². The van der Waals surface area contributed by atoms with Crippen molar-refractivity contribution in [1.29, 1.82) is 0 Å².